The fraction of sp³-hybridized carbons (Fsp3) is 0. The van der Waals surface area contributed by atoms with E-state index in [4.69, 9.17) is 8.42 Å². The SMILES string of the molecule is [CH2]O[SH](=O)=O.[NaH]. The first kappa shape index (κ1) is 10.0. The molecule has 0 saturated heterocycles. The van der Waals surface area contributed by atoms with Crippen LogP contribution in [0, 0.1) is 7.11 Å². The van der Waals surface area contributed by atoms with E-state index < -0.39 is 11.0 Å². The maximum absolute atomic E-state index is 9.12. The van der Waals surface area contributed by atoms with E-state index in [1.165, 1.54) is 0 Å². The number of rotatable bonds is 1. The van der Waals surface area contributed by atoms with Gasteiger partial charge in [-0.1, -0.05) is 0 Å². The predicted octanol–water partition coefficient (Wildman–Crippen LogP) is -1.33. The second-order valence-electron chi connectivity index (χ2n) is 0.353. The van der Waals surface area contributed by atoms with E-state index in [-0.39, 0.29) is 29.6 Å². The van der Waals surface area contributed by atoms with Gasteiger partial charge in [-0.05, 0) is 0 Å². The summed E-state index contributed by atoms with van der Waals surface area (Å²) in [6.07, 6.45) is 0. The van der Waals surface area contributed by atoms with E-state index in [9.17, 15) is 0 Å². The van der Waals surface area contributed by atoms with E-state index in [1.54, 1.807) is 0 Å². The standard InChI is InChI=1S/CH3O3S.Na.H/c1-4-5(2)3;;/h5H,1H2;;. The van der Waals surface area contributed by atoms with Crippen LogP contribution in [0.2, 0.25) is 0 Å². The molecular formula is CH4NaO3S. The van der Waals surface area contributed by atoms with Gasteiger partial charge in [0.1, 0.15) is 0 Å². The Morgan fingerprint density at radius 3 is 1.67 bits per heavy atom. The van der Waals surface area contributed by atoms with Crippen LogP contribution in [0.3, 0.4) is 0 Å². The maximum atomic E-state index is 9.12. The topological polar surface area (TPSA) is 43.4 Å². The molecule has 0 atom stereocenters. The summed E-state index contributed by atoms with van der Waals surface area (Å²) in [5, 5.41) is 0. The molecule has 0 unspecified atom stereocenters. The van der Waals surface area contributed by atoms with Crippen LogP contribution < -0.4 is 0 Å². The summed E-state index contributed by atoms with van der Waals surface area (Å²) >= 11 is 0. The Morgan fingerprint density at radius 2 is 1.67 bits per heavy atom. The Kier molecular flexibility index (Phi) is 9.86. The normalized spacial score (nSPS) is 7.67. The van der Waals surface area contributed by atoms with Crippen molar-refractivity contribution in [3.05, 3.63) is 7.11 Å². The van der Waals surface area contributed by atoms with Crippen molar-refractivity contribution in [2.45, 2.75) is 0 Å². The molecule has 0 N–H and O–H groups in total. The van der Waals surface area contributed by atoms with Crippen molar-refractivity contribution in [2.75, 3.05) is 0 Å². The molecule has 6 heavy (non-hydrogen) atoms. The zero-order valence-corrected chi connectivity index (χ0v) is 3.27. The summed E-state index contributed by atoms with van der Waals surface area (Å²) in [5.74, 6) is 0. The minimum absolute atomic E-state index is 0. The Labute approximate surface area is 60.1 Å². The zero-order chi connectivity index (χ0) is 4.28. The van der Waals surface area contributed by atoms with Crippen LogP contribution in [0.15, 0.2) is 0 Å². The average Bonchev–Trinajstić information content (AvgIpc) is 1.38. The van der Waals surface area contributed by atoms with Crippen molar-refractivity contribution in [3.63, 3.8) is 0 Å². The monoisotopic (exact) mass is 119 g/mol. The molecule has 0 aromatic carbocycles. The molecular weight excluding hydrogens is 115 g/mol. The van der Waals surface area contributed by atoms with Gasteiger partial charge in [-0.25, -0.2) is 8.42 Å². The molecule has 1 radical (unpaired) electrons. The molecule has 0 bridgehead atoms. The molecule has 0 saturated carbocycles. The van der Waals surface area contributed by atoms with Gasteiger partial charge in [-0.2, -0.15) is 0 Å². The van der Waals surface area contributed by atoms with Gasteiger partial charge < -0.3 is 0 Å². The molecule has 0 heterocycles. The molecule has 0 amide bonds. The Bertz CT molecular complexity index is 68.9. The summed E-state index contributed by atoms with van der Waals surface area (Å²) in [6, 6.07) is 0. The summed E-state index contributed by atoms with van der Waals surface area (Å²) in [7, 11) is -0.120. The van der Waals surface area contributed by atoms with Gasteiger partial charge in [0, 0.05) is 0 Å². The summed E-state index contributed by atoms with van der Waals surface area (Å²) in [6.45, 7) is 0. The third-order valence-corrected chi connectivity index (χ3v) is 0.316. The third kappa shape index (κ3) is 8.86. The van der Waals surface area contributed by atoms with Crippen LogP contribution >= 0.6 is 0 Å². The van der Waals surface area contributed by atoms with Gasteiger partial charge in [-0.3, -0.25) is 4.18 Å². The van der Waals surface area contributed by atoms with Crippen molar-refractivity contribution in [1.82, 2.24) is 0 Å². The predicted molar refractivity (Wildman–Crippen MR) is 23.9 cm³/mol. The fourth-order valence-corrected chi connectivity index (χ4v) is 0. The molecule has 0 aromatic heterocycles. The molecule has 33 valence electrons. The van der Waals surface area contributed by atoms with E-state index in [0.29, 0.717) is 0 Å². The van der Waals surface area contributed by atoms with E-state index >= 15 is 0 Å². The van der Waals surface area contributed by atoms with E-state index in [0.717, 1.165) is 0 Å². The van der Waals surface area contributed by atoms with Crippen molar-refractivity contribution < 1.29 is 12.6 Å². The van der Waals surface area contributed by atoms with Crippen LogP contribution in [0.5, 0.6) is 0 Å². The van der Waals surface area contributed by atoms with Crippen LogP contribution in [0.1, 0.15) is 0 Å². The van der Waals surface area contributed by atoms with Gasteiger partial charge >= 0.3 is 29.6 Å². The molecule has 3 nitrogen and oxygen atoms in total. The van der Waals surface area contributed by atoms with E-state index in [1.807, 2.05) is 0 Å². The minimum atomic E-state index is -2.71. The molecule has 0 aliphatic rings. The number of thiol groups is 1. The van der Waals surface area contributed by atoms with Gasteiger partial charge in [0.25, 0.3) is 11.0 Å². The third-order valence-electron chi connectivity index (χ3n) is 0.105. The molecule has 0 fully saturated rings. The van der Waals surface area contributed by atoms with Crippen LogP contribution in [0.4, 0.5) is 0 Å². The van der Waals surface area contributed by atoms with Gasteiger partial charge in [-0.15, -0.1) is 0 Å². The number of hydrogen-bond donors (Lipinski definition) is 1. The van der Waals surface area contributed by atoms with Crippen molar-refractivity contribution >= 4 is 40.5 Å². The van der Waals surface area contributed by atoms with Crippen LogP contribution in [-0.4, -0.2) is 38.0 Å². The van der Waals surface area contributed by atoms with Crippen LogP contribution in [-0.2, 0) is 15.2 Å². The zero-order valence-electron chi connectivity index (χ0n) is 2.38. The molecule has 0 aliphatic carbocycles. The molecule has 5 heteroatoms. The van der Waals surface area contributed by atoms with Gasteiger partial charge in [0.2, 0.25) is 0 Å². The molecule has 0 aromatic rings. The summed E-state index contributed by atoms with van der Waals surface area (Å²) in [4.78, 5) is 0. The summed E-state index contributed by atoms with van der Waals surface area (Å²) in [5.41, 5.74) is 0. The molecule has 0 aliphatic heterocycles. The van der Waals surface area contributed by atoms with E-state index in [2.05, 4.69) is 11.3 Å². The Balaban J connectivity index is 0. The first-order valence-corrected chi connectivity index (χ1v) is 1.93. The van der Waals surface area contributed by atoms with Crippen molar-refractivity contribution in [2.24, 2.45) is 0 Å². The fourth-order valence-electron chi connectivity index (χ4n) is 0. The average molecular weight is 119 g/mol. The summed E-state index contributed by atoms with van der Waals surface area (Å²) < 4.78 is 21.7. The first-order valence-electron chi connectivity index (χ1n) is 0.836. The first-order chi connectivity index (χ1) is 2.27. The Hall–Kier alpha value is 0.910. The van der Waals surface area contributed by atoms with Crippen molar-refractivity contribution in [3.8, 4) is 0 Å². The van der Waals surface area contributed by atoms with Gasteiger partial charge in [0.15, 0.2) is 0 Å². The van der Waals surface area contributed by atoms with Crippen LogP contribution in [0.25, 0.3) is 0 Å². The molecule has 0 spiro atoms. The Morgan fingerprint density at radius 1 is 1.50 bits per heavy atom. The van der Waals surface area contributed by atoms with Gasteiger partial charge in [0.05, 0.1) is 7.11 Å². The second kappa shape index (κ2) is 5.91. The second-order valence-corrected chi connectivity index (χ2v) is 1.06. The number of hydrogen-bond acceptors (Lipinski definition) is 3. The molecule has 0 rings (SSSR count). The quantitative estimate of drug-likeness (QED) is 0.343. The van der Waals surface area contributed by atoms with Crippen molar-refractivity contribution in [1.29, 1.82) is 0 Å².